The SMILES string of the molecule is COc1ccc2cc(NC(=O)c3ccccc3NCc3ccnc(NC(=O)N(C)C)c3)ncc2c1. The van der Waals surface area contributed by atoms with E-state index >= 15 is 0 Å². The van der Waals surface area contributed by atoms with Crippen LogP contribution in [0, 0.1) is 0 Å². The minimum Gasteiger partial charge on any atom is -0.497 e. The Morgan fingerprint density at radius 3 is 2.51 bits per heavy atom. The Morgan fingerprint density at radius 1 is 0.914 bits per heavy atom. The van der Waals surface area contributed by atoms with Gasteiger partial charge in [0.1, 0.15) is 17.4 Å². The number of nitrogens with one attached hydrogen (secondary N) is 3. The van der Waals surface area contributed by atoms with Crippen molar-refractivity contribution in [3.05, 3.63) is 84.2 Å². The number of urea groups is 1. The Kier molecular flexibility index (Phi) is 7.06. The van der Waals surface area contributed by atoms with Gasteiger partial charge in [-0.2, -0.15) is 0 Å². The van der Waals surface area contributed by atoms with Gasteiger partial charge in [-0.15, -0.1) is 0 Å². The van der Waals surface area contributed by atoms with E-state index in [1.165, 1.54) is 4.90 Å². The highest BCUT2D eigenvalue weighted by atomic mass is 16.5. The summed E-state index contributed by atoms with van der Waals surface area (Å²) < 4.78 is 5.25. The number of amides is 3. The number of hydrogen-bond acceptors (Lipinski definition) is 6. The minimum absolute atomic E-state index is 0.258. The van der Waals surface area contributed by atoms with E-state index in [-0.39, 0.29) is 11.9 Å². The van der Waals surface area contributed by atoms with Crippen molar-refractivity contribution in [2.24, 2.45) is 0 Å². The number of hydrogen-bond donors (Lipinski definition) is 3. The lowest BCUT2D eigenvalue weighted by molar-refractivity contribution is 0.102. The summed E-state index contributed by atoms with van der Waals surface area (Å²) >= 11 is 0. The summed E-state index contributed by atoms with van der Waals surface area (Å²) in [5.74, 6) is 1.38. The van der Waals surface area contributed by atoms with Gasteiger partial charge >= 0.3 is 6.03 Å². The van der Waals surface area contributed by atoms with Crippen LogP contribution in [-0.2, 0) is 6.54 Å². The molecule has 0 fully saturated rings. The molecule has 2 heterocycles. The van der Waals surface area contributed by atoms with Gasteiger partial charge in [-0.1, -0.05) is 18.2 Å². The van der Waals surface area contributed by atoms with E-state index in [0.29, 0.717) is 29.4 Å². The zero-order chi connectivity index (χ0) is 24.8. The first kappa shape index (κ1) is 23.5. The average molecular weight is 471 g/mol. The molecule has 0 atom stereocenters. The molecule has 2 aromatic carbocycles. The molecule has 0 aliphatic carbocycles. The molecule has 9 heteroatoms. The van der Waals surface area contributed by atoms with Gasteiger partial charge in [-0.05, 0) is 53.4 Å². The zero-order valence-electron chi connectivity index (χ0n) is 19.7. The maximum absolute atomic E-state index is 13.0. The van der Waals surface area contributed by atoms with E-state index in [9.17, 15) is 9.59 Å². The normalized spacial score (nSPS) is 10.5. The fourth-order valence-corrected chi connectivity index (χ4v) is 3.41. The van der Waals surface area contributed by atoms with E-state index in [4.69, 9.17) is 4.74 Å². The van der Waals surface area contributed by atoms with Gasteiger partial charge in [0.2, 0.25) is 0 Å². The quantitative estimate of drug-likeness (QED) is 0.364. The second-order valence-corrected chi connectivity index (χ2v) is 8.01. The third kappa shape index (κ3) is 5.83. The molecule has 35 heavy (non-hydrogen) atoms. The van der Waals surface area contributed by atoms with E-state index < -0.39 is 0 Å². The van der Waals surface area contributed by atoms with Crippen molar-refractivity contribution in [1.29, 1.82) is 0 Å². The van der Waals surface area contributed by atoms with E-state index in [2.05, 4.69) is 25.9 Å². The van der Waals surface area contributed by atoms with Crippen LogP contribution in [0.3, 0.4) is 0 Å². The van der Waals surface area contributed by atoms with E-state index in [1.54, 1.807) is 45.7 Å². The van der Waals surface area contributed by atoms with Crippen LogP contribution in [-0.4, -0.2) is 48.0 Å². The summed E-state index contributed by atoms with van der Waals surface area (Å²) in [5.41, 5.74) is 2.06. The monoisotopic (exact) mass is 470 g/mol. The molecular weight excluding hydrogens is 444 g/mol. The van der Waals surface area contributed by atoms with Crippen molar-refractivity contribution in [3.63, 3.8) is 0 Å². The zero-order valence-corrected chi connectivity index (χ0v) is 19.7. The molecule has 2 aromatic heterocycles. The Hall–Kier alpha value is -4.66. The molecule has 0 bridgehead atoms. The second-order valence-electron chi connectivity index (χ2n) is 8.01. The standard InChI is InChI=1S/C26H26N6O3/c1-32(2)26(34)31-23-12-17(10-11-27-23)15-28-22-7-5-4-6-21(22)25(33)30-24-14-18-8-9-20(35-3)13-19(18)16-29-24/h4-14,16,28H,15H2,1-3H3,(H,27,31,34)(H,29,30,33). The van der Waals surface area contributed by atoms with Crippen molar-refractivity contribution in [2.75, 3.05) is 37.2 Å². The van der Waals surface area contributed by atoms with Crippen LogP contribution in [0.5, 0.6) is 5.75 Å². The van der Waals surface area contributed by atoms with Gasteiger partial charge < -0.3 is 20.3 Å². The number of rotatable bonds is 7. The third-order valence-corrected chi connectivity index (χ3v) is 5.29. The highest BCUT2D eigenvalue weighted by Gasteiger charge is 2.13. The fraction of sp³-hybridized carbons (Fsp3) is 0.154. The molecule has 0 unspecified atom stereocenters. The maximum Gasteiger partial charge on any atom is 0.322 e. The molecule has 0 radical (unpaired) electrons. The van der Waals surface area contributed by atoms with Gasteiger partial charge in [-0.25, -0.2) is 14.8 Å². The number of benzene rings is 2. The van der Waals surface area contributed by atoms with Crippen LogP contribution < -0.4 is 20.7 Å². The van der Waals surface area contributed by atoms with Gasteiger partial charge in [-0.3, -0.25) is 10.1 Å². The number of nitrogens with zero attached hydrogens (tertiary/aromatic N) is 3. The molecular formula is C26H26N6O3. The van der Waals surface area contributed by atoms with E-state index in [1.807, 2.05) is 48.5 Å². The molecule has 0 spiro atoms. The lowest BCUT2D eigenvalue weighted by Gasteiger charge is -2.14. The third-order valence-electron chi connectivity index (χ3n) is 5.29. The number of methoxy groups -OCH3 is 1. The molecule has 4 aromatic rings. The summed E-state index contributed by atoms with van der Waals surface area (Å²) in [5, 5.41) is 10.8. The topological polar surface area (TPSA) is 108 Å². The Bertz CT molecular complexity index is 1370. The smallest absolute Gasteiger partial charge is 0.322 e. The van der Waals surface area contributed by atoms with Crippen LogP contribution in [0.2, 0.25) is 0 Å². The predicted octanol–water partition coefficient (Wildman–Crippen LogP) is 4.60. The first-order chi connectivity index (χ1) is 16.9. The van der Waals surface area contributed by atoms with Crippen molar-refractivity contribution in [3.8, 4) is 5.75 Å². The number of para-hydroxylation sites is 1. The Balaban J connectivity index is 1.46. The number of pyridine rings is 2. The Labute approximate surface area is 203 Å². The summed E-state index contributed by atoms with van der Waals surface area (Å²) in [4.78, 5) is 34.9. The van der Waals surface area contributed by atoms with Gasteiger partial charge in [0.25, 0.3) is 5.91 Å². The highest BCUT2D eigenvalue weighted by molar-refractivity contribution is 6.08. The molecule has 9 nitrogen and oxygen atoms in total. The lowest BCUT2D eigenvalue weighted by atomic mass is 10.1. The number of carbonyl (C=O) groups is 2. The first-order valence-corrected chi connectivity index (χ1v) is 10.9. The van der Waals surface area contributed by atoms with Crippen LogP contribution in [0.1, 0.15) is 15.9 Å². The molecule has 0 saturated heterocycles. The molecule has 3 amide bonds. The van der Waals surface area contributed by atoms with Gasteiger partial charge in [0, 0.05) is 44.1 Å². The van der Waals surface area contributed by atoms with Crippen molar-refractivity contribution >= 4 is 40.0 Å². The van der Waals surface area contributed by atoms with Crippen molar-refractivity contribution in [2.45, 2.75) is 6.54 Å². The van der Waals surface area contributed by atoms with Crippen LogP contribution >= 0.6 is 0 Å². The van der Waals surface area contributed by atoms with Crippen LogP contribution in [0.25, 0.3) is 10.8 Å². The predicted molar refractivity (Wildman–Crippen MR) is 137 cm³/mol. The first-order valence-electron chi connectivity index (χ1n) is 10.9. The number of carbonyl (C=O) groups excluding carboxylic acids is 2. The number of anilines is 3. The summed E-state index contributed by atoms with van der Waals surface area (Å²) in [6.07, 6.45) is 3.33. The van der Waals surface area contributed by atoms with E-state index in [0.717, 1.165) is 22.1 Å². The lowest BCUT2D eigenvalue weighted by Crippen LogP contribution is -2.27. The van der Waals surface area contributed by atoms with Crippen LogP contribution in [0.4, 0.5) is 22.1 Å². The highest BCUT2D eigenvalue weighted by Crippen LogP contribution is 2.23. The van der Waals surface area contributed by atoms with Crippen LogP contribution in [0.15, 0.2) is 73.1 Å². The van der Waals surface area contributed by atoms with Gasteiger partial charge in [0.05, 0.1) is 12.7 Å². The number of ether oxygens (including phenoxy) is 1. The maximum atomic E-state index is 13.0. The largest absolute Gasteiger partial charge is 0.497 e. The molecule has 3 N–H and O–H groups in total. The summed E-state index contributed by atoms with van der Waals surface area (Å²) in [6, 6.07) is 18.1. The molecule has 0 aliphatic heterocycles. The number of fused-ring (bicyclic) bond motifs is 1. The van der Waals surface area contributed by atoms with Crippen molar-refractivity contribution in [1.82, 2.24) is 14.9 Å². The molecule has 178 valence electrons. The summed E-state index contributed by atoms with van der Waals surface area (Å²) in [6.45, 7) is 0.438. The second kappa shape index (κ2) is 10.5. The molecule has 0 saturated carbocycles. The minimum atomic E-state index is -0.276. The Morgan fingerprint density at radius 2 is 1.71 bits per heavy atom. The number of aromatic nitrogens is 2. The molecule has 0 aliphatic rings. The summed E-state index contributed by atoms with van der Waals surface area (Å²) in [7, 11) is 4.94. The molecule has 4 rings (SSSR count). The van der Waals surface area contributed by atoms with Gasteiger partial charge in [0.15, 0.2) is 0 Å². The average Bonchev–Trinajstić information content (AvgIpc) is 2.87. The fourth-order valence-electron chi connectivity index (χ4n) is 3.41. The van der Waals surface area contributed by atoms with Crippen molar-refractivity contribution < 1.29 is 14.3 Å².